The summed E-state index contributed by atoms with van der Waals surface area (Å²) >= 11 is 0. The summed E-state index contributed by atoms with van der Waals surface area (Å²) in [7, 11) is -2.02. The van der Waals surface area contributed by atoms with Gasteiger partial charge in [-0.1, -0.05) is 6.07 Å². The zero-order valence-electron chi connectivity index (χ0n) is 15.1. The molecule has 1 aliphatic rings. The van der Waals surface area contributed by atoms with E-state index in [1.165, 1.54) is 19.2 Å². The minimum atomic E-state index is -3.56. The summed E-state index contributed by atoms with van der Waals surface area (Å²) < 4.78 is 32.8. The topological polar surface area (TPSA) is 95.3 Å². The fraction of sp³-hybridized carbons (Fsp3) is 0.368. The molecule has 8 heteroatoms. The highest BCUT2D eigenvalue weighted by molar-refractivity contribution is 7.89. The van der Waals surface area contributed by atoms with E-state index < -0.39 is 10.0 Å². The lowest BCUT2D eigenvalue weighted by molar-refractivity contribution is 0.409. The van der Waals surface area contributed by atoms with E-state index in [1.807, 2.05) is 12.1 Å². The number of hydrogen-bond acceptors (Lipinski definition) is 6. The maximum atomic E-state index is 12.5. The Morgan fingerprint density at radius 3 is 2.78 bits per heavy atom. The van der Waals surface area contributed by atoms with Crippen molar-refractivity contribution in [1.82, 2.24) is 9.71 Å². The Morgan fingerprint density at radius 2 is 2.07 bits per heavy atom. The summed E-state index contributed by atoms with van der Waals surface area (Å²) in [6.07, 6.45) is 1.90. The Bertz CT molecular complexity index is 923. The SMILES string of the molecule is COc1ccc(S(=O)(=O)NC[C@@H]2CCCN(c3cccc(C#N)n3)C2)cc1. The van der Waals surface area contributed by atoms with Crippen LogP contribution in [0.15, 0.2) is 47.4 Å². The van der Waals surface area contributed by atoms with Crippen LogP contribution in [-0.2, 0) is 10.0 Å². The molecule has 0 unspecified atom stereocenters. The van der Waals surface area contributed by atoms with Crippen molar-refractivity contribution in [1.29, 1.82) is 5.26 Å². The highest BCUT2D eigenvalue weighted by Crippen LogP contribution is 2.22. The molecule has 0 amide bonds. The van der Waals surface area contributed by atoms with Crippen LogP contribution in [0, 0.1) is 17.2 Å². The minimum absolute atomic E-state index is 0.180. The van der Waals surface area contributed by atoms with Crippen molar-refractivity contribution in [2.24, 2.45) is 5.92 Å². The molecule has 0 radical (unpaired) electrons. The average Bonchev–Trinajstić information content (AvgIpc) is 2.72. The van der Waals surface area contributed by atoms with Gasteiger partial charge in [-0.05, 0) is 55.2 Å². The molecule has 0 spiro atoms. The highest BCUT2D eigenvalue weighted by Gasteiger charge is 2.23. The van der Waals surface area contributed by atoms with Crippen LogP contribution >= 0.6 is 0 Å². The van der Waals surface area contributed by atoms with E-state index in [-0.39, 0.29) is 10.8 Å². The van der Waals surface area contributed by atoms with Gasteiger partial charge in [-0.25, -0.2) is 18.1 Å². The number of nitriles is 1. The van der Waals surface area contributed by atoms with Crippen molar-refractivity contribution >= 4 is 15.8 Å². The third-order valence-corrected chi connectivity index (χ3v) is 6.06. The lowest BCUT2D eigenvalue weighted by Gasteiger charge is -2.33. The summed E-state index contributed by atoms with van der Waals surface area (Å²) in [5.41, 5.74) is 0.384. The van der Waals surface area contributed by atoms with E-state index in [9.17, 15) is 8.42 Å². The highest BCUT2D eigenvalue weighted by atomic mass is 32.2. The number of methoxy groups -OCH3 is 1. The monoisotopic (exact) mass is 386 g/mol. The Balaban J connectivity index is 1.62. The fourth-order valence-electron chi connectivity index (χ4n) is 3.17. The van der Waals surface area contributed by atoms with Crippen LogP contribution in [0.2, 0.25) is 0 Å². The van der Waals surface area contributed by atoms with Crippen molar-refractivity contribution in [2.75, 3.05) is 31.6 Å². The number of piperidine rings is 1. The molecule has 2 aromatic rings. The molecule has 1 atom stereocenters. The Kier molecular flexibility index (Phi) is 5.94. The quantitative estimate of drug-likeness (QED) is 0.817. The molecule has 0 bridgehead atoms. The predicted octanol–water partition coefficient (Wildman–Crippen LogP) is 2.16. The summed E-state index contributed by atoms with van der Waals surface area (Å²) in [5, 5.41) is 9.01. The van der Waals surface area contributed by atoms with Crippen LogP contribution in [0.5, 0.6) is 5.75 Å². The lowest BCUT2D eigenvalue weighted by atomic mass is 9.98. The van der Waals surface area contributed by atoms with Crippen LogP contribution in [-0.4, -0.2) is 40.1 Å². The number of pyridine rings is 1. The molecule has 1 N–H and O–H groups in total. The number of anilines is 1. The van der Waals surface area contributed by atoms with Gasteiger partial charge < -0.3 is 9.64 Å². The van der Waals surface area contributed by atoms with E-state index in [0.29, 0.717) is 24.5 Å². The second-order valence-corrected chi connectivity index (χ2v) is 8.24. The minimum Gasteiger partial charge on any atom is -0.497 e. The smallest absolute Gasteiger partial charge is 0.240 e. The third-order valence-electron chi connectivity index (χ3n) is 4.62. The van der Waals surface area contributed by atoms with Crippen molar-refractivity contribution < 1.29 is 13.2 Å². The third kappa shape index (κ3) is 4.76. The van der Waals surface area contributed by atoms with E-state index in [2.05, 4.69) is 20.7 Å². The first-order chi connectivity index (χ1) is 13.0. The molecule has 27 heavy (non-hydrogen) atoms. The van der Waals surface area contributed by atoms with Crippen LogP contribution in [0.1, 0.15) is 18.5 Å². The summed E-state index contributed by atoms with van der Waals surface area (Å²) in [5.74, 6) is 1.56. The number of aromatic nitrogens is 1. The number of rotatable bonds is 6. The molecule has 1 saturated heterocycles. The van der Waals surface area contributed by atoms with Crippen molar-refractivity contribution in [3.8, 4) is 11.8 Å². The molecule has 2 heterocycles. The average molecular weight is 386 g/mol. The second kappa shape index (κ2) is 8.37. The Morgan fingerprint density at radius 1 is 1.30 bits per heavy atom. The van der Waals surface area contributed by atoms with Gasteiger partial charge in [-0.2, -0.15) is 5.26 Å². The second-order valence-electron chi connectivity index (χ2n) is 6.47. The van der Waals surface area contributed by atoms with Gasteiger partial charge in [-0.15, -0.1) is 0 Å². The maximum Gasteiger partial charge on any atom is 0.240 e. The number of benzene rings is 1. The van der Waals surface area contributed by atoms with Gasteiger partial charge in [0, 0.05) is 19.6 Å². The van der Waals surface area contributed by atoms with Crippen molar-refractivity contribution in [2.45, 2.75) is 17.7 Å². The normalized spacial score (nSPS) is 17.3. The van der Waals surface area contributed by atoms with Crippen LogP contribution in [0.4, 0.5) is 5.82 Å². The molecule has 1 aliphatic heterocycles. The fourth-order valence-corrected chi connectivity index (χ4v) is 4.28. The van der Waals surface area contributed by atoms with Gasteiger partial charge in [0.25, 0.3) is 0 Å². The molecule has 1 aromatic carbocycles. The Labute approximate surface area is 159 Å². The zero-order valence-corrected chi connectivity index (χ0v) is 15.9. The number of hydrogen-bond donors (Lipinski definition) is 1. The molecule has 0 aliphatic carbocycles. The first-order valence-electron chi connectivity index (χ1n) is 8.77. The Hall–Kier alpha value is -2.63. The molecule has 0 saturated carbocycles. The molecule has 142 valence electrons. The lowest BCUT2D eigenvalue weighted by Crippen LogP contribution is -2.41. The van der Waals surface area contributed by atoms with Crippen LogP contribution < -0.4 is 14.4 Å². The van der Waals surface area contributed by atoms with Gasteiger partial charge in [0.15, 0.2) is 0 Å². The molecule has 1 fully saturated rings. The van der Waals surface area contributed by atoms with Crippen LogP contribution in [0.25, 0.3) is 0 Å². The zero-order chi connectivity index (χ0) is 19.3. The number of ether oxygens (including phenoxy) is 1. The molecule has 3 rings (SSSR count). The van der Waals surface area contributed by atoms with E-state index in [1.54, 1.807) is 18.2 Å². The summed E-state index contributed by atoms with van der Waals surface area (Å²) in [4.78, 5) is 6.67. The van der Waals surface area contributed by atoms with Crippen LogP contribution in [0.3, 0.4) is 0 Å². The molecule has 7 nitrogen and oxygen atoms in total. The standard InChI is InChI=1S/C19H22N4O3S/c1-26-17-7-9-18(10-8-17)27(24,25)21-13-15-4-3-11-23(14-15)19-6-2-5-16(12-20)22-19/h2,5-10,15,21H,3-4,11,13-14H2,1H3/t15-/m0/s1. The predicted molar refractivity (Wildman–Crippen MR) is 102 cm³/mol. The van der Waals surface area contributed by atoms with Gasteiger partial charge in [-0.3, -0.25) is 0 Å². The number of nitrogens with one attached hydrogen (secondary N) is 1. The van der Waals surface area contributed by atoms with Crippen molar-refractivity contribution in [3.63, 3.8) is 0 Å². The molecular formula is C19H22N4O3S. The van der Waals surface area contributed by atoms with Gasteiger partial charge in [0.2, 0.25) is 10.0 Å². The molecular weight excluding hydrogens is 364 g/mol. The van der Waals surface area contributed by atoms with E-state index >= 15 is 0 Å². The maximum absolute atomic E-state index is 12.5. The van der Waals surface area contributed by atoms with E-state index in [4.69, 9.17) is 10.00 Å². The summed E-state index contributed by atoms with van der Waals surface area (Å²) in [6.45, 7) is 1.92. The van der Waals surface area contributed by atoms with Gasteiger partial charge >= 0.3 is 0 Å². The summed E-state index contributed by atoms with van der Waals surface area (Å²) in [6, 6.07) is 13.7. The molecule has 1 aromatic heterocycles. The number of sulfonamides is 1. The van der Waals surface area contributed by atoms with E-state index in [0.717, 1.165) is 25.2 Å². The first kappa shape index (κ1) is 19.1. The first-order valence-corrected chi connectivity index (χ1v) is 10.3. The van der Waals surface area contributed by atoms with Gasteiger partial charge in [0.1, 0.15) is 23.3 Å². The number of nitrogens with zero attached hydrogens (tertiary/aromatic N) is 3. The van der Waals surface area contributed by atoms with Crippen molar-refractivity contribution in [3.05, 3.63) is 48.2 Å². The largest absolute Gasteiger partial charge is 0.497 e. The van der Waals surface area contributed by atoms with Gasteiger partial charge in [0.05, 0.1) is 12.0 Å².